The van der Waals surface area contributed by atoms with Gasteiger partial charge in [0.15, 0.2) is 0 Å². The summed E-state index contributed by atoms with van der Waals surface area (Å²) in [7, 11) is 0. The third kappa shape index (κ3) is 2.78. The number of benzene rings is 1. The van der Waals surface area contributed by atoms with Crippen LogP contribution in [-0.4, -0.2) is 10.1 Å². The predicted molar refractivity (Wildman–Crippen MR) is 66.4 cm³/mol. The third-order valence-corrected chi connectivity index (χ3v) is 2.66. The molecule has 94 valence electrons. The molecular weight excluding hydrogens is 257 g/mol. The molecule has 2 rings (SSSR count). The Balaban J connectivity index is 2.31. The van der Waals surface area contributed by atoms with E-state index in [2.05, 4.69) is 4.98 Å². The standard InChI is InChI=1S/C13H11ClFNO2/c1-8(17)10-3-2-6-16-13(10)18-9-4-5-11(14)12(15)7-9/h2-8,17H,1H3. The lowest BCUT2D eigenvalue weighted by atomic mass is 10.2. The fourth-order valence-electron chi connectivity index (χ4n) is 1.46. The summed E-state index contributed by atoms with van der Waals surface area (Å²) in [6.07, 6.45) is 0.818. The summed E-state index contributed by atoms with van der Waals surface area (Å²) < 4.78 is 18.7. The van der Waals surface area contributed by atoms with Gasteiger partial charge in [-0.3, -0.25) is 0 Å². The number of halogens is 2. The predicted octanol–water partition coefficient (Wildman–Crippen LogP) is 3.72. The number of hydrogen-bond acceptors (Lipinski definition) is 3. The molecule has 0 saturated carbocycles. The Morgan fingerprint density at radius 3 is 2.83 bits per heavy atom. The summed E-state index contributed by atoms with van der Waals surface area (Å²) in [6.45, 7) is 1.60. The summed E-state index contributed by atoms with van der Waals surface area (Å²) in [4.78, 5) is 4.01. The Labute approximate surface area is 109 Å². The average molecular weight is 268 g/mol. The van der Waals surface area contributed by atoms with Gasteiger partial charge < -0.3 is 9.84 Å². The van der Waals surface area contributed by atoms with E-state index in [1.54, 1.807) is 19.1 Å². The van der Waals surface area contributed by atoms with Crippen molar-refractivity contribution in [1.29, 1.82) is 0 Å². The van der Waals surface area contributed by atoms with Gasteiger partial charge in [-0.2, -0.15) is 0 Å². The molecule has 1 N–H and O–H groups in total. The second kappa shape index (κ2) is 5.33. The van der Waals surface area contributed by atoms with Crippen molar-refractivity contribution in [1.82, 2.24) is 4.98 Å². The molecule has 2 aromatic rings. The lowest BCUT2D eigenvalue weighted by Crippen LogP contribution is -1.98. The third-order valence-electron chi connectivity index (χ3n) is 2.36. The van der Waals surface area contributed by atoms with E-state index in [4.69, 9.17) is 16.3 Å². The van der Waals surface area contributed by atoms with E-state index < -0.39 is 11.9 Å². The van der Waals surface area contributed by atoms with Crippen LogP contribution in [0, 0.1) is 5.82 Å². The Morgan fingerprint density at radius 1 is 1.39 bits per heavy atom. The number of nitrogens with zero attached hydrogens (tertiary/aromatic N) is 1. The molecule has 18 heavy (non-hydrogen) atoms. The van der Waals surface area contributed by atoms with Crippen LogP contribution in [0.25, 0.3) is 0 Å². The molecule has 0 radical (unpaired) electrons. The molecule has 0 bridgehead atoms. The quantitative estimate of drug-likeness (QED) is 0.922. The number of aliphatic hydroxyl groups excluding tert-OH is 1. The van der Waals surface area contributed by atoms with Crippen molar-refractivity contribution in [2.24, 2.45) is 0 Å². The van der Waals surface area contributed by atoms with E-state index >= 15 is 0 Å². The molecular formula is C13H11ClFNO2. The first-order valence-corrected chi connectivity index (χ1v) is 5.71. The van der Waals surface area contributed by atoms with Crippen LogP contribution in [0.5, 0.6) is 11.6 Å². The van der Waals surface area contributed by atoms with Gasteiger partial charge in [-0.1, -0.05) is 11.6 Å². The van der Waals surface area contributed by atoms with E-state index in [9.17, 15) is 9.50 Å². The van der Waals surface area contributed by atoms with E-state index in [0.717, 1.165) is 0 Å². The second-order valence-corrected chi connectivity index (χ2v) is 4.16. The number of rotatable bonds is 3. The van der Waals surface area contributed by atoms with Gasteiger partial charge in [-0.15, -0.1) is 0 Å². The highest BCUT2D eigenvalue weighted by atomic mass is 35.5. The van der Waals surface area contributed by atoms with Gasteiger partial charge in [-0.05, 0) is 31.2 Å². The van der Waals surface area contributed by atoms with Gasteiger partial charge in [0.05, 0.1) is 11.1 Å². The molecule has 0 amide bonds. The Bertz CT molecular complexity index is 560. The highest BCUT2D eigenvalue weighted by Gasteiger charge is 2.11. The highest BCUT2D eigenvalue weighted by molar-refractivity contribution is 6.30. The summed E-state index contributed by atoms with van der Waals surface area (Å²) in [5, 5.41) is 9.59. The molecule has 0 aliphatic carbocycles. The zero-order valence-corrected chi connectivity index (χ0v) is 10.4. The van der Waals surface area contributed by atoms with E-state index in [-0.39, 0.29) is 16.7 Å². The zero-order chi connectivity index (χ0) is 13.1. The molecule has 0 aliphatic heterocycles. The van der Waals surface area contributed by atoms with Crippen molar-refractivity contribution < 1.29 is 14.2 Å². The molecule has 0 spiro atoms. The smallest absolute Gasteiger partial charge is 0.225 e. The lowest BCUT2D eigenvalue weighted by molar-refractivity contribution is 0.194. The molecule has 1 aromatic heterocycles. The van der Waals surface area contributed by atoms with Crippen LogP contribution in [0.1, 0.15) is 18.6 Å². The van der Waals surface area contributed by atoms with Crippen LogP contribution in [0.4, 0.5) is 4.39 Å². The Kier molecular flexibility index (Phi) is 3.79. The minimum Gasteiger partial charge on any atom is -0.439 e. The molecule has 3 nitrogen and oxygen atoms in total. The van der Waals surface area contributed by atoms with Gasteiger partial charge in [0.2, 0.25) is 5.88 Å². The number of aromatic nitrogens is 1. The van der Waals surface area contributed by atoms with Crippen LogP contribution >= 0.6 is 11.6 Å². The first-order valence-electron chi connectivity index (χ1n) is 5.34. The largest absolute Gasteiger partial charge is 0.439 e. The van der Waals surface area contributed by atoms with Crippen molar-refractivity contribution in [2.45, 2.75) is 13.0 Å². The van der Waals surface area contributed by atoms with Crippen molar-refractivity contribution in [3.05, 3.63) is 52.9 Å². The maximum absolute atomic E-state index is 13.3. The van der Waals surface area contributed by atoms with Crippen molar-refractivity contribution in [3.63, 3.8) is 0 Å². The fraction of sp³-hybridized carbons (Fsp3) is 0.154. The fourth-order valence-corrected chi connectivity index (χ4v) is 1.58. The Hall–Kier alpha value is -1.65. The first-order chi connectivity index (χ1) is 8.58. The van der Waals surface area contributed by atoms with Crippen molar-refractivity contribution in [3.8, 4) is 11.6 Å². The molecule has 5 heteroatoms. The topological polar surface area (TPSA) is 42.4 Å². The number of aliphatic hydroxyl groups is 1. The maximum Gasteiger partial charge on any atom is 0.225 e. The molecule has 0 aliphatic rings. The first kappa shape index (κ1) is 12.8. The summed E-state index contributed by atoms with van der Waals surface area (Å²) in [6, 6.07) is 7.49. The van der Waals surface area contributed by atoms with Crippen LogP contribution in [0.3, 0.4) is 0 Å². The van der Waals surface area contributed by atoms with Crippen LogP contribution in [0.2, 0.25) is 5.02 Å². The molecule has 1 heterocycles. The highest BCUT2D eigenvalue weighted by Crippen LogP contribution is 2.28. The molecule has 0 saturated heterocycles. The monoisotopic (exact) mass is 267 g/mol. The number of ether oxygens (including phenoxy) is 1. The maximum atomic E-state index is 13.3. The number of hydrogen-bond donors (Lipinski definition) is 1. The lowest BCUT2D eigenvalue weighted by Gasteiger charge is -2.11. The van der Waals surface area contributed by atoms with Gasteiger partial charge in [0.25, 0.3) is 0 Å². The van der Waals surface area contributed by atoms with E-state index in [0.29, 0.717) is 5.56 Å². The SMILES string of the molecule is CC(O)c1cccnc1Oc1ccc(Cl)c(F)c1. The second-order valence-electron chi connectivity index (χ2n) is 3.75. The molecule has 1 aromatic carbocycles. The summed E-state index contributed by atoms with van der Waals surface area (Å²) in [5.74, 6) is -0.0459. The minimum atomic E-state index is -0.717. The minimum absolute atomic E-state index is 0.0270. The van der Waals surface area contributed by atoms with Crippen LogP contribution in [-0.2, 0) is 0 Å². The van der Waals surface area contributed by atoms with Crippen molar-refractivity contribution >= 4 is 11.6 Å². The number of pyridine rings is 1. The van der Waals surface area contributed by atoms with Crippen molar-refractivity contribution in [2.75, 3.05) is 0 Å². The van der Waals surface area contributed by atoms with Crippen LogP contribution in [0.15, 0.2) is 36.5 Å². The molecule has 1 unspecified atom stereocenters. The molecule has 0 fully saturated rings. The zero-order valence-electron chi connectivity index (χ0n) is 9.60. The summed E-state index contributed by atoms with van der Waals surface area (Å²) in [5.41, 5.74) is 0.535. The van der Waals surface area contributed by atoms with E-state index in [1.807, 2.05) is 0 Å². The summed E-state index contributed by atoms with van der Waals surface area (Å²) >= 11 is 5.58. The van der Waals surface area contributed by atoms with Gasteiger partial charge >= 0.3 is 0 Å². The van der Waals surface area contributed by atoms with E-state index in [1.165, 1.54) is 24.4 Å². The van der Waals surface area contributed by atoms with Crippen LogP contribution < -0.4 is 4.74 Å². The normalized spacial score (nSPS) is 12.2. The Morgan fingerprint density at radius 2 is 2.17 bits per heavy atom. The van der Waals surface area contributed by atoms with Gasteiger partial charge in [-0.25, -0.2) is 9.37 Å². The average Bonchev–Trinajstić information content (AvgIpc) is 2.34. The van der Waals surface area contributed by atoms with Gasteiger partial charge in [0.1, 0.15) is 11.6 Å². The van der Waals surface area contributed by atoms with Gasteiger partial charge in [0, 0.05) is 17.8 Å². The molecule has 1 atom stereocenters.